The van der Waals surface area contributed by atoms with Gasteiger partial charge in [0.25, 0.3) is 0 Å². The summed E-state index contributed by atoms with van der Waals surface area (Å²) in [5.74, 6) is 1.44. The maximum absolute atomic E-state index is 12.2. The number of nitrogens with one attached hydrogen (secondary N) is 1. The summed E-state index contributed by atoms with van der Waals surface area (Å²) in [5.41, 5.74) is 0. The van der Waals surface area contributed by atoms with Gasteiger partial charge in [0.15, 0.2) is 0 Å². The number of hydrogen-bond acceptors (Lipinski definition) is 2. The van der Waals surface area contributed by atoms with Gasteiger partial charge in [-0.25, -0.2) is 0 Å². The molecule has 1 fully saturated rings. The Kier molecular flexibility index (Phi) is 5.26. The molecule has 1 saturated heterocycles. The van der Waals surface area contributed by atoms with E-state index in [2.05, 4.69) is 33.0 Å². The lowest BCUT2D eigenvalue weighted by Crippen LogP contribution is -2.40. The van der Waals surface area contributed by atoms with Crippen molar-refractivity contribution in [1.29, 1.82) is 0 Å². The van der Waals surface area contributed by atoms with Crippen molar-refractivity contribution in [3.8, 4) is 0 Å². The third-order valence-corrected chi connectivity index (χ3v) is 3.13. The molecular weight excluding hydrogens is 200 g/mol. The van der Waals surface area contributed by atoms with Crippen LogP contribution in [0, 0.1) is 11.8 Å². The normalized spacial score (nSPS) is 20.8. The van der Waals surface area contributed by atoms with Crippen molar-refractivity contribution in [2.24, 2.45) is 11.8 Å². The molecule has 0 saturated carbocycles. The van der Waals surface area contributed by atoms with Gasteiger partial charge in [-0.05, 0) is 45.2 Å². The quantitative estimate of drug-likeness (QED) is 0.776. The van der Waals surface area contributed by atoms with Crippen LogP contribution in [0.4, 0.5) is 0 Å². The lowest BCUT2D eigenvalue weighted by atomic mass is 10.0. The van der Waals surface area contributed by atoms with Crippen molar-refractivity contribution in [3.05, 3.63) is 0 Å². The molecule has 1 heterocycles. The lowest BCUT2D eigenvalue weighted by Gasteiger charge is -2.29. The Balaban J connectivity index is 2.46. The zero-order valence-electron chi connectivity index (χ0n) is 11.1. The van der Waals surface area contributed by atoms with Gasteiger partial charge in [0, 0.05) is 19.0 Å². The van der Waals surface area contributed by atoms with Crippen LogP contribution < -0.4 is 5.32 Å². The molecule has 1 unspecified atom stereocenters. The van der Waals surface area contributed by atoms with E-state index < -0.39 is 0 Å². The van der Waals surface area contributed by atoms with Gasteiger partial charge in [-0.1, -0.05) is 13.8 Å². The van der Waals surface area contributed by atoms with Gasteiger partial charge in [0.2, 0.25) is 5.91 Å². The topological polar surface area (TPSA) is 32.3 Å². The molecule has 94 valence electrons. The van der Waals surface area contributed by atoms with E-state index in [0.717, 1.165) is 32.5 Å². The number of carbonyl (C=O) groups is 1. The summed E-state index contributed by atoms with van der Waals surface area (Å²) in [4.78, 5) is 14.2. The van der Waals surface area contributed by atoms with E-state index in [-0.39, 0.29) is 0 Å². The monoisotopic (exact) mass is 226 g/mol. The lowest BCUT2D eigenvalue weighted by molar-refractivity contribution is -0.134. The maximum atomic E-state index is 12.2. The number of nitrogens with zero attached hydrogens (tertiary/aromatic N) is 1. The molecule has 0 spiro atoms. The molecule has 0 aromatic carbocycles. The molecule has 0 radical (unpaired) electrons. The SMILES string of the molecule is CC(C)CN(C(=O)CC1CCNC1)C(C)C. The minimum absolute atomic E-state index is 0.323. The van der Waals surface area contributed by atoms with Gasteiger partial charge in [0.05, 0.1) is 0 Å². The molecule has 3 nitrogen and oxygen atoms in total. The molecular formula is C13H26N2O. The zero-order chi connectivity index (χ0) is 12.1. The first-order valence-electron chi connectivity index (χ1n) is 6.51. The first-order chi connectivity index (χ1) is 7.50. The number of carbonyl (C=O) groups excluding carboxylic acids is 1. The third kappa shape index (κ3) is 4.12. The fourth-order valence-corrected chi connectivity index (χ4v) is 2.25. The van der Waals surface area contributed by atoms with Crippen LogP contribution in [0.2, 0.25) is 0 Å². The Morgan fingerprint density at radius 3 is 2.50 bits per heavy atom. The summed E-state index contributed by atoms with van der Waals surface area (Å²) in [6.07, 6.45) is 1.87. The highest BCUT2D eigenvalue weighted by atomic mass is 16.2. The molecule has 3 heteroatoms. The summed E-state index contributed by atoms with van der Waals surface area (Å²) >= 11 is 0. The second kappa shape index (κ2) is 6.24. The first kappa shape index (κ1) is 13.5. The van der Waals surface area contributed by atoms with Gasteiger partial charge in [0.1, 0.15) is 0 Å². The minimum Gasteiger partial charge on any atom is -0.340 e. The zero-order valence-corrected chi connectivity index (χ0v) is 11.1. The van der Waals surface area contributed by atoms with Crippen LogP contribution >= 0.6 is 0 Å². The van der Waals surface area contributed by atoms with E-state index in [1.54, 1.807) is 0 Å². The Bertz CT molecular complexity index is 220. The van der Waals surface area contributed by atoms with Crippen molar-refractivity contribution >= 4 is 5.91 Å². The Morgan fingerprint density at radius 2 is 2.06 bits per heavy atom. The second-order valence-corrected chi connectivity index (χ2v) is 5.60. The summed E-state index contributed by atoms with van der Waals surface area (Å²) in [6, 6.07) is 0.323. The summed E-state index contributed by atoms with van der Waals surface area (Å²) in [7, 11) is 0. The van der Waals surface area contributed by atoms with Crippen LogP contribution in [-0.2, 0) is 4.79 Å². The van der Waals surface area contributed by atoms with Crippen LogP contribution in [0.3, 0.4) is 0 Å². The van der Waals surface area contributed by atoms with Crippen molar-refractivity contribution in [2.45, 2.75) is 46.6 Å². The summed E-state index contributed by atoms with van der Waals surface area (Å²) in [6.45, 7) is 11.5. The van der Waals surface area contributed by atoms with Crippen LogP contribution in [0.15, 0.2) is 0 Å². The molecule has 0 aliphatic carbocycles. The predicted octanol–water partition coefficient (Wildman–Crippen LogP) is 1.88. The maximum Gasteiger partial charge on any atom is 0.223 e. The van der Waals surface area contributed by atoms with Crippen molar-refractivity contribution in [3.63, 3.8) is 0 Å². The molecule has 0 aromatic rings. The van der Waals surface area contributed by atoms with Crippen LogP contribution in [0.5, 0.6) is 0 Å². The largest absolute Gasteiger partial charge is 0.340 e. The van der Waals surface area contributed by atoms with Gasteiger partial charge in [-0.15, -0.1) is 0 Å². The molecule has 1 rings (SSSR count). The van der Waals surface area contributed by atoms with Crippen LogP contribution in [0.25, 0.3) is 0 Å². The van der Waals surface area contributed by atoms with Gasteiger partial charge >= 0.3 is 0 Å². The highest BCUT2D eigenvalue weighted by molar-refractivity contribution is 5.76. The number of amides is 1. The van der Waals surface area contributed by atoms with Crippen LogP contribution in [0.1, 0.15) is 40.5 Å². The fourth-order valence-electron chi connectivity index (χ4n) is 2.25. The molecule has 0 bridgehead atoms. The van der Waals surface area contributed by atoms with E-state index in [9.17, 15) is 4.79 Å². The number of rotatable bonds is 5. The first-order valence-corrected chi connectivity index (χ1v) is 6.51. The van der Waals surface area contributed by atoms with Crippen molar-refractivity contribution in [2.75, 3.05) is 19.6 Å². The van der Waals surface area contributed by atoms with Gasteiger partial charge in [-0.2, -0.15) is 0 Å². The van der Waals surface area contributed by atoms with Crippen molar-refractivity contribution in [1.82, 2.24) is 10.2 Å². The Morgan fingerprint density at radius 1 is 1.38 bits per heavy atom. The number of hydrogen-bond donors (Lipinski definition) is 1. The molecule has 1 atom stereocenters. The Labute approximate surface area is 99.6 Å². The predicted molar refractivity (Wildman–Crippen MR) is 67.3 cm³/mol. The van der Waals surface area contributed by atoms with E-state index >= 15 is 0 Å². The smallest absolute Gasteiger partial charge is 0.223 e. The van der Waals surface area contributed by atoms with E-state index in [1.165, 1.54) is 0 Å². The summed E-state index contributed by atoms with van der Waals surface area (Å²) < 4.78 is 0. The molecule has 1 N–H and O–H groups in total. The molecule has 0 aromatic heterocycles. The molecule has 16 heavy (non-hydrogen) atoms. The second-order valence-electron chi connectivity index (χ2n) is 5.60. The van der Waals surface area contributed by atoms with Crippen molar-refractivity contribution < 1.29 is 4.79 Å². The standard InChI is InChI=1S/C13H26N2O/c1-10(2)9-15(11(3)4)13(16)7-12-5-6-14-8-12/h10-12,14H,5-9H2,1-4H3. The summed E-state index contributed by atoms with van der Waals surface area (Å²) in [5, 5.41) is 3.32. The fraction of sp³-hybridized carbons (Fsp3) is 0.923. The van der Waals surface area contributed by atoms with Gasteiger partial charge < -0.3 is 10.2 Å². The van der Waals surface area contributed by atoms with Gasteiger partial charge in [-0.3, -0.25) is 4.79 Å². The highest BCUT2D eigenvalue weighted by Gasteiger charge is 2.23. The van der Waals surface area contributed by atoms with Crippen LogP contribution in [-0.4, -0.2) is 36.5 Å². The minimum atomic E-state index is 0.323. The van der Waals surface area contributed by atoms with E-state index in [0.29, 0.717) is 23.8 Å². The van der Waals surface area contributed by atoms with E-state index in [1.807, 2.05) is 4.90 Å². The molecule has 1 amide bonds. The van der Waals surface area contributed by atoms with E-state index in [4.69, 9.17) is 0 Å². The average molecular weight is 226 g/mol. The third-order valence-electron chi connectivity index (χ3n) is 3.13. The average Bonchev–Trinajstić information content (AvgIpc) is 2.65. The molecule has 1 aliphatic rings. The highest BCUT2D eigenvalue weighted by Crippen LogP contribution is 2.16. The Hall–Kier alpha value is -0.570. The molecule has 1 aliphatic heterocycles.